The Bertz CT molecular complexity index is 756. The highest BCUT2D eigenvalue weighted by atomic mass is 16.4. The maximum atomic E-state index is 12.4. The van der Waals surface area contributed by atoms with Gasteiger partial charge in [-0.2, -0.15) is 5.10 Å². The van der Waals surface area contributed by atoms with E-state index in [4.69, 9.17) is 4.42 Å². The number of amides is 1. The molecule has 140 valence electrons. The Morgan fingerprint density at radius 1 is 1.31 bits per heavy atom. The average molecular weight is 359 g/mol. The molecule has 1 saturated heterocycles. The van der Waals surface area contributed by atoms with E-state index in [2.05, 4.69) is 5.10 Å². The summed E-state index contributed by atoms with van der Waals surface area (Å²) in [4.78, 5) is 26.2. The summed E-state index contributed by atoms with van der Waals surface area (Å²) in [6.07, 6.45) is 4.98. The van der Waals surface area contributed by atoms with Crippen LogP contribution in [-0.4, -0.2) is 44.8 Å². The average Bonchev–Trinajstić information content (AvgIpc) is 3.31. The number of aryl methyl sites for hydroxylation is 1. The van der Waals surface area contributed by atoms with Crippen LogP contribution in [0.2, 0.25) is 0 Å². The largest absolute Gasteiger partial charge is 0.479 e. The molecule has 3 rings (SSSR count). The summed E-state index contributed by atoms with van der Waals surface area (Å²) >= 11 is 0. The molecule has 1 aliphatic rings. The van der Waals surface area contributed by atoms with Gasteiger partial charge in [-0.15, -0.1) is 0 Å². The molecule has 7 nitrogen and oxygen atoms in total. The molecule has 0 aliphatic carbocycles. The Kier molecular flexibility index (Phi) is 5.15. The van der Waals surface area contributed by atoms with Gasteiger partial charge < -0.3 is 14.4 Å². The summed E-state index contributed by atoms with van der Waals surface area (Å²) in [5.41, 5.74) is -0.201. The topological polar surface area (TPSA) is 88.6 Å². The van der Waals surface area contributed by atoms with E-state index >= 15 is 0 Å². The number of likely N-dealkylation sites (tertiary alicyclic amines) is 1. The molecule has 2 aromatic heterocycles. The van der Waals surface area contributed by atoms with E-state index in [1.54, 1.807) is 28.1 Å². The van der Waals surface area contributed by atoms with Crippen molar-refractivity contribution in [2.45, 2.75) is 51.0 Å². The van der Waals surface area contributed by atoms with E-state index in [1.807, 2.05) is 26.0 Å². The molecule has 1 aliphatic heterocycles. The van der Waals surface area contributed by atoms with Gasteiger partial charge in [0.25, 0.3) is 0 Å². The van der Waals surface area contributed by atoms with E-state index in [0.717, 1.165) is 11.5 Å². The third-order valence-electron chi connectivity index (χ3n) is 5.15. The lowest BCUT2D eigenvalue weighted by molar-refractivity contribution is -0.153. The number of furan rings is 1. The van der Waals surface area contributed by atoms with Gasteiger partial charge in [0, 0.05) is 45.0 Å². The fraction of sp³-hybridized carbons (Fsp3) is 0.526. The van der Waals surface area contributed by atoms with Crippen molar-refractivity contribution in [3.63, 3.8) is 0 Å². The second kappa shape index (κ2) is 7.35. The Balaban J connectivity index is 1.65. The molecule has 3 heterocycles. The molecule has 0 spiro atoms. The van der Waals surface area contributed by atoms with Gasteiger partial charge in [-0.05, 0) is 24.1 Å². The van der Waals surface area contributed by atoms with Gasteiger partial charge in [-0.25, -0.2) is 4.79 Å². The molecular weight excluding hydrogens is 334 g/mol. The Morgan fingerprint density at radius 2 is 2.04 bits per heavy atom. The van der Waals surface area contributed by atoms with E-state index in [9.17, 15) is 14.7 Å². The molecule has 2 aromatic rings. The summed E-state index contributed by atoms with van der Waals surface area (Å²) in [5, 5.41) is 14.4. The minimum absolute atomic E-state index is 0.0312. The first kappa shape index (κ1) is 18.2. The van der Waals surface area contributed by atoms with Gasteiger partial charge in [0.15, 0.2) is 5.54 Å². The van der Waals surface area contributed by atoms with Gasteiger partial charge in [-0.1, -0.05) is 13.8 Å². The monoisotopic (exact) mass is 359 g/mol. The normalized spacial score (nSPS) is 16.8. The van der Waals surface area contributed by atoms with Crippen LogP contribution in [0.4, 0.5) is 0 Å². The van der Waals surface area contributed by atoms with E-state index in [0.29, 0.717) is 38.8 Å². The predicted octanol–water partition coefficient (Wildman–Crippen LogP) is 2.63. The van der Waals surface area contributed by atoms with Gasteiger partial charge >= 0.3 is 5.97 Å². The van der Waals surface area contributed by atoms with Crippen LogP contribution in [-0.2, 0) is 21.5 Å². The van der Waals surface area contributed by atoms with Crippen LogP contribution in [0, 0.1) is 0 Å². The maximum absolute atomic E-state index is 12.4. The molecular formula is C19H25N3O4. The quantitative estimate of drug-likeness (QED) is 0.856. The summed E-state index contributed by atoms with van der Waals surface area (Å²) in [7, 11) is 0. The third kappa shape index (κ3) is 3.52. The number of carboxylic acids is 1. The Labute approximate surface area is 152 Å². The highest BCUT2D eigenvalue weighted by molar-refractivity contribution is 5.79. The van der Waals surface area contributed by atoms with Crippen molar-refractivity contribution in [2.24, 2.45) is 0 Å². The summed E-state index contributed by atoms with van der Waals surface area (Å²) in [6.45, 7) is 4.89. The second-order valence-corrected chi connectivity index (χ2v) is 7.14. The SMILES string of the molecule is CC(C)c1ccn(C2(C(=O)O)CCN(C(=O)CCc3ccco3)CC2)n1. The highest BCUT2D eigenvalue weighted by Crippen LogP contribution is 2.31. The van der Waals surface area contributed by atoms with Crippen LogP contribution in [0.5, 0.6) is 0 Å². The molecule has 0 saturated carbocycles. The van der Waals surface area contributed by atoms with Crippen LogP contribution >= 0.6 is 0 Å². The minimum atomic E-state index is -1.08. The number of carbonyl (C=O) groups is 2. The molecule has 0 radical (unpaired) electrons. The fourth-order valence-corrected chi connectivity index (χ4v) is 3.39. The molecule has 0 unspecified atom stereocenters. The van der Waals surface area contributed by atoms with Gasteiger partial charge in [-0.3, -0.25) is 9.48 Å². The lowest BCUT2D eigenvalue weighted by Gasteiger charge is -2.39. The van der Waals surface area contributed by atoms with E-state index in [-0.39, 0.29) is 11.8 Å². The number of hydrogen-bond acceptors (Lipinski definition) is 4. The number of piperidine rings is 1. The molecule has 0 aromatic carbocycles. The van der Waals surface area contributed by atoms with Gasteiger partial charge in [0.05, 0.1) is 12.0 Å². The zero-order valence-electron chi connectivity index (χ0n) is 15.2. The number of aromatic nitrogens is 2. The zero-order valence-corrected chi connectivity index (χ0v) is 15.2. The van der Waals surface area contributed by atoms with Crippen LogP contribution in [0.15, 0.2) is 35.1 Å². The summed E-state index contributed by atoms with van der Waals surface area (Å²) in [6, 6.07) is 5.52. The maximum Gasteiger partial charge on any atom is 0.331 e. The third-order valence-corrected chi connectivity index (χ3v) is 5.15. The molecule has 1 N–H and O–H groups in total. The summed E-state index contributed by atoms with van der Waals surface area (Å²) in [5.74, 6) is 0.167. The number of carbonyl (C=O) groups excluding carboxylic acids is 1. The zero-order chi connectivity index (χ0) is 18.7. The van der Waals surface area contributed by atoms with Crippen molar-refractivity contribution in [3.05, 3.63) is 42.1 Å². The second-order valence-electron chi connectivity index (χ2n) is 7.14. The van der Waals surface area contributed by atoms with Gasteiger partial charge in [0.1, 0.15) is 5.76 Å². The van der Waals surface area contributed by atoms with Crippen LogP contribution in [0.3, 0.4) is 0 Å². The number of nitrogens with zero attached hydrogens (tertiary/aromatic N) is 3. The van der Waals surface area contributed by atoms with E-state index in [1.165, 1.54) is 0 Å². The van der Waals surface area contributed by atoms with Gasteiger partial charge in [0.2, 0.25) is 5.91 Å². The van der Waals surface area contributed by atoms with Crippen molar-refractivity contribution >= 4 is 11.9 Å². The fourth-order valence-electron chi connectivity index (χ4n) is 3.39. The molecule has 1 amide bonds. The predicted molar refractivity (Wildman–Crippen MR) is 94.8 cm³/mol. The molecule has 1 fully saturated rings. The number of rotatable bonds is 6. The Morgan fingerprint density at radius 3 is 2.58 bits per heavy atom. The number of carboxylic acid groups (broad SMARTS) is 1. The first-order valence-corrected chi connectivity index (χ1v) is 9.02. The first-order valence-electron chi connectivity index (χ1n) is 9.02. The molecule has 0 atom stereocenters. The van der Waals surface area contributed by atoms with Crippen molar-refractivity contribution in [1.29, 1.82) is 0 Å². The van der Waals surface area contributed by atoms with Crippen molar-refractivity contribution in [1.82, 2.24) is 14.7 Å². The number of hydrogen-bond donors (Lipinski definition) is 1. The highest BCUT2D eigenvalue weighted by Gasteiger charge is 2.45. The Hall–Kier alpha value is -2.57. The van der Waals surface area contributed by atoms with E-state index < -0.39 is 11.5 Å². The van der Waals surface area contributed by atoms with Crippen molar-refractivity contribution < 1.29 is 19.1 Å². The standard InChI is InChI=1S/C19H25N3O4/c1-14(2)16-7-10-22(20-16)19(18(24)25)8-11-21(12-9-19)17(23)6-5-15-4-3-13-26-15/h3-4,7,10,13-14H,5-6,8-9,11-12H2,1-2H3,(H,24,25). The first-order chi connectivity index (χ1) is 12.4. The summed E-state index contributed by atoms with van der Waals surface area (Å²) < 4.78 is 6.83. The van der Waals surface area contributed by atoms with Crippen molar-refractivity contribution in [3.8, 4) is 0 Å². The lowest BCUT2D eigenvalue weighted by atomic mass is 9.87. The van der Waals surface area contributed by atoms with Crippen LogP contribution in [0.25, 0.3) is 0 Å². The number of aliphatic carboxylic acids is 1. The van der Waals surface area contributed by atoms with Crippen LogP contribution in [0.1, 0.15) is 50.5 Å². The minimum Gasteiger partial charge on any atom is -0.479 e. The van der Waals surface area contributed by atoms with Crippen LogP contribution < -0.4 is 0 Å². The lowest BCUT2D eigenvalue weighted by Crippen LogP contribution is -2.52. The molecule has 7 heteroatoms. The molecule has 26 heavy (non-hydrogen) atoms. The molecule has 0 bridgehead atoms. The smallest absolute Gasteiger partial charge is 0.331 e. The van der Waals surface area contributed by atoms with Crippen molar-refractivity contribution in [2.75, 3.05) is 13.1 Å².